The van der Waals surface area contributed by atoms with Crippen molar-refractivity contribution in [2.75, 3.05) is 12.4 Å². The lowest BCUT2D eigenvalue weighted by Crippen LogP contribution is -2.32. The number of rotatable bonds is 5. The standard InChI is InChI=1S/C18H21ClN2OS/c1-4-16(13-5-10-17(22-3)12(2)11-13)21-18(23)20-15-8-6-14(19)7-9-15/h5-11,16H,4H2,1-3H3,(H2,20,21,23)/t16-/m1/s1. The van der Waals surface area contributed by atoms with Crippen LogP contribution >= 0.6 is 23.8 Å². The van der Waals surface area contributed by atoms with Gasteiger partial charge in [-0.2, -0.15) is 0 Å². The summed E-state index contributed by atoms with van der Waals surface area (Å²) in [4.78, 5) is 0. The highest BCUT2D eigenvalue weighted by molar-refractivity contribution is 7.80. The molecule has 0 fully saturated rings. The minimum Gasteiger partial charge on any atom is -0.496 e. The van der Waals surface area contributed by atoms with E-state index in [0.717, 1.165) is 23.4 Å². The summed E-state index contributed by atoms with van der Waals surface area (Å²) in [7, 11) is 1.68. The molecule has 0 spiro atoms. The number of nitrogens with one attached hydrogen (secondary N) is 2. The summed E-state index contributed by atoms with van der Waals surface area (Å²) in [6, 6.07) is 13.8. The largest absolute Gasteiger partial charge is 0.496 e. The molecule has 2 rings (SSSR count). The number of thiocarbonyl (C=S) groups is 1. The van der Waals surface area contributed by atoms with Crippen LogP contribution in [-0.2, 0) is 0 Å². The van der Waals surface area contributed by atoms with Crippen LogP contribution in [0.25, 0.3) is 0 Å². The van der Waals surface area contributed by atoms with Crippen LogP contribution in [0, 0.1) is 6.92 Å². The lowest BCUT2D eigenvalue weighted by molar-refractivity contribution is 0.411. The molecule has 0 saturated carbocycles. The third-order valence-corrected chi connectivity index (χ3v) is 4.11. The molecule has 0 aliphatic heterocycles. The number of aryl methyl sites for hydroxylation is 1. The first-order valence-corrected chi connectivity index (χ1v) is 8.29. The molecule has 23 heavy (non-hydrogen) atoms. The van der Waals surface area contributed by atoms with Gasteiger partial charge in [-0.3, -0.25) is 0 Å². The Balaban J connectivity index is 2.05. The molecule has 2 N–H and O–H groups in total. The van der Waals surface area contributed by atoms with Gasteiger partial charge in [-0.05, 0) is 67.0 Å². The van der Waals surface area contributed by atoms with Gasteiger partial charge in [0.05, 0.1) is 13.2 Å². The van der Waals surface area contributed by atoms with Crippen LogP contribution in [-0.4, -0.2) is 12.2 Å². The van der Waals surface area contributed by atoms with Crippen LogP contribution in [0.15, 0.2) is 42.5 Å². The average Bonchev–Trinajstić information content (AvgIpc) is 2.54. The van der Waals surface area contributed by atoms with Crippen molar-refractivity contribution in [3.8, 4) is 5.75 Å². The Morgan fingerprint density at radius 2 is 1.91 bits per heavy atom. The van der Waals surface area contributed by atoms with E-state index < -0.39 is 0 Å². The molecule has 0 heterocycles. The molecule has 2 aromatic carbocycles. The summed E-state index contributed by atoms with van der Waals surface area (Å²) in [5, 5.41) is 7.83. The van der Waals surface area contributed by atoms with E-state index in [9.17, 15) is 0 Å². The summed E-state index contributed by atoms with van der Waals surface area (Å²) in [6.07, 6.45) is 0.925. The zero-order valence-corrected chi connectivity index (χ0v) is 15.1. The lowest BCUT2D eigenvalue weighted by Gasteiger charge is -2.21. The van der Waals surface area contributed by atoms with Crippen LogP contribution in [0.2, 0.25) is 5.02 Å². The van der Waals surface area contributed by atoms with Crippen molar-refractivity contribution in [3.63, 3.8) is 0 Å². The quantitative estimate of drug-likeness (QED) is 0.737. The van der Waals surface area contributed by atoms with Gasteiger partial charge in [0.1, 0.15) is 5.75 Å². The molecule has 1 atom stereocenters. The molecule has 0 aliphatic rings. The first-order chi connectivity index (χ1) is 11.0. The second-order valence-corrected chi connectivity index (χ2v) is 6.14. The average molecular weight is 349 g/mol. The van der Waals surface area contributed by atoms with Crippen molar-refractivity contribution in [1.29, 1.82) is 0 Å². The van der Waals surface area contributed by atoms with Gasteiger partial charge in [-0.15, -0.1) is 0 Å². The van der Waals surface area contributed by atoms with Gasteiger partial charge in [0.2, 0.25) is 0 Å². The van der Waals surface area contributed by atoms with E-state index >= 15 is 0 Å². The topological polar surface area (TPSA) is 33.3 Å². The summed E-state index contributed by atoms with van der Waals surface area (Å²) >= 11 is 11.3. The van der Waals surface area contributed by atoms with Crippen molar-refractivity contribution in [2.24, 2.45) is 0 Å². The molecular weight excluding hydrogens is 328 g/mol. The van der Waals surface area contributed by atoms with Crippen molar-refractivity contribution in [1.82, 2.24) is 5.32 Å². The van der Waals surface area contributed by atoms with Gasteiger partial charge in [-0.1, -0.05) is 30.7 Å². The van der Waals surface area contributed by atoms with E-state index in [1.165, 1.54) is 5.56 Å². The Morgan fingerprint density at radius 3 is 2.48 bits per heavy atom. The highest BCUT2D eigenvalue weighted by atomic mass is 35.5. The summed E-state index contributed by atoms with van der Waals surface area (Å²) in [5.74, 6) is 0.894. The second kappa shape index (κ2) is 8.18. The molecule has 2 aromatic rings. The zero-order chi connectivity index (χ0) is 16.8. The highest BCUT2D eigenvalue weighted by Gasteiger charge is 2.12. The van der Waals surface area contributed by atoms with Gasteiger partial charge >= 0.3 is 0 Å². The van der Waals surface area contributed by atoms with Gasteiger partial charge < -0.3 is 15.4 Å². The summed E-state index contributed by atoms with van der Waals surface area (Å²) in [6.45, 7) is 4.17. The smallest absolute Gasteiger partial charge is 0.171 e. The number of methoxy groups -OCH3 is 1. The molecule has 0 aliphatic carbocycles. The molecule has 0 radical (unpaired) electrons. The third kappa shape index (κ3) is 4.85. The first kappa shape index (κ1) is 17.6. The number of benzene rings is 2. The van der Waals surface area contributed by atoms with Crippen LogP contribution in [0.1, 0.15) is 30.5 Å². The van der Waals surface area contributed by atoms with Crippen molar-refractivity contribution in [3.05, 3.63) is 58.6 Å². The van der Waals surface area contributed by atoms with Crippen LogP contribution in [0.3, 0.4) is 0 Å². The normalized spacial score (nSPS) is 11.7. The van der Waals surface area contributed by atoms with Gasteiger partial charge in [-0.25, -0.2) is 0 Å². The van der Waals surface area contributed by atoms with E-state index in [-0.39, 0.29) is 6.04 Å². The summed E-state index contributed by atoms with van der Waals surface area (Å²) in [5.41, 5.74) is 3.21. The number of anilines is 1. The zero-order valence-electron chi connectivity index (χ0n) is 13.5. The number of hydrogen-bond donors (Lipinski definition) is 2. The number of halogens is 1. The number of ether oxygens (including phenoxy) is 1. The molecule has 0 amide bonds. The highest BCUT2D eigenvalue weighted by Crippen LogP contribution is 2.24. The van der Waals surface area contributed by atoms with Gasteiger partial charge in [0, 0.05) is 10.7 Å². The second-order valence-electron chi connectivity index (χ2n) is 5.30. The van der Waals surface area contributed by atoms with Crippen molar-refractivity contribution in [2.45, 2.75) is 26.3 Å². The van der Waals surface area contributed by atoms with E-state index in [1.54, 1.807) is 7.11 Å². The Morgan fingerprint density at radius 1 is 1.22 bits per heavy atom. The monoisotopic (exact) mass is 348 g/mol. The Hall–Kier alpha value is -1.78. The molecule has 0 aromatic heterocycles. The molecular formula is C18H21ClN2OS. The van der Waals surface area contributed by atoms with E-state index in [1.807, 2.05) is 37.3 Å². The maximum Gasteiger partial charge on any atom is 0.171 e. The maximum absolute atomic E-state index is 5.89. The van der Waals surface area contributed by atoms with E-state index in [0.29, 0.717) is 10.1 Å². The first-order valence-electron chi connectivity index (χ1n) is 7.51. The third-order valence-electron chi connectivity index (χ3n) is 3.64. The van der Waals surface area contributed by atoms with Crippen LogP contribution < -0.4 is 15.4 Å². The fourth-order valence-corrected chi connectivity index (χ4v) is 2.78. The van der Waals surface area contributed by atoms with E-state index in [4.69, 9.17) is 28.6 Å². The minimum absolute atomic E-state index is 0.145. The molecule has 0 saturated heterocycles. The summed E-state index contributed by atoms with van der Waals surface area (Å²) < 4.78 is 5.31. The Labute approximate surface area is 148 Å². The van der Waals surface area contributed by atoms with Gasteiger partial charge in [0.15, 0.2) is 5.11 Å². The molecule has 5 heteroatoms. The molecule has 3 nitrogen and oxygen atoms in total. The van der Waals surface area contributed by atoms with Crippen LogP contribution in [0.4, 0.5) is 5.69 Å². The fraction of sp³-hybridized carbons (Fsp3) is 0.278. The van der Waals surface area contributed by atoms with Crippen molar-refractivity contribution >= 4 is 34.6 Å². The van der Waals surface area contributed by atoms with Gasteiger partial charge in [0.25, 0.3) is 0 Å². The predicted molar refractivity (Wildman–Crippen MR) is 102 cm³/mol. The molecule has 0 bridgehead atoms. The molecule has 0 unspecified atom stereocenters. The lowest BCUT2D eigenvalue weighted by atomic mass is 10.0. The SMILES string of the molecule is CC[C@@H](NC(=S)Nc1ccc(Cl)cc1)c1ccc(OC)c(C)c1. The number of hydrogen-bond acceptors (Lipinski definition) is 2. The van der Waals surface area contributed by atoms with Crippen molar-refractivity contribution < 1.29 is 4.74 Å². The maximum atomic E-state index is 5.89. The molecule has 122 valence electrons. The predicted octanol–water partition coefficient (Wildman–Crippen LogP) is 5.09. The Bertz CT molecular complexity index is 673. The van der Waals surface area contributed by atoms with E-state index in [2.05, 4.69) is 29.7 Å². The fourth-order valence-electron chi connectivity index (χ4n) is 2.40. The van der Waals surface area contributed by atoms with Crippen LogP contribution in [0.5, 0.6) is 5.75 Å². The minimum atomic E-state index is 0.145. The Kier molecular flexibility index (Phi) is 6.25.